The van der Waals surface area contributed by atoms with E-state index in [9.17, 15) is 8.42 Å². The molecule has 2 aromatic carbocycles. The van der Waals surface area contributed by atoms with Crippen LogP contribution in [0.15, 0.2) is 53.4 Å². The average molecular weight is 379 g/mol. The van der Waals surface area contributed by atoms with Gasteiger partial charge in [0, 0.05) is 11.6 Å². The molecule has 1 aliphatic rings. The monoisotopic (exact) mass is 378 g/mol. The van der Waals surface area contributed by atoms with Crippen LogP contribution in [-0.4, -0.2) is 24.3 Å². The topological polar surface area (TPSA) is 50.3 Å². The minimum Gasteiger partial charge on any atom is -0.239 e. The van der Waals surface area contributed by atoms with E-state index in [1.165, 1.54) is 6.07 Å². The first-order valence-electron chi connectivity index (χ1n) is 7.68. The van der Waals surface area contributed by atoms with Gasteiger partial charge < -0.3 is 0 Å². The highest BCUT2D eigenvalue weighted by molar-refractivity contribution is 7.89. The molecule has 0 bridgehead atoms. The van der Waals surface area contributed by atoms with Crippen LogP contribution in [0.4, 0.5) is 0 Å². The fourth-order valence-electron chi connectivity index (χ4n) is 3.07. The molecule has 7 heteroatoms. The molecule has 4 nitrogen and oxygen atoms in total. The summed E-state index contributed by atoms with van der Waals surface area (Å²) in [5.41, 5.74) is 0.921. The number of halogens is 1. The summed E-state index contributed by atoms with van der Waals surface area (Å²) in [4.78, 5) is 4.89. The van der Waals surface area contributed by atoms with E-state index in [-0.39, 0.29) is 10.9 Å². The van der Waals surface area contributed by atoms with E-state index in [0.717, 1.165) is 28.1 Å². The van der Waals surface area contributed by atoms with E-state index < -0.39 is 10.0 Å². The Morgan fingerprint density at radius 3 is 2.79 bits per heavy atom. The summed E-state index contributed by atoms with van der Waals surface area (Å²) in [6, 6.07) is 14.1. The molecule has 1 fully saturated rings. The van der Waals surface area contributed by atoms with E-state index >= 15 is 0 Å². The van der Waals surface area contributed by atoms with Gasteiger partial charge in [0.1, 0.15) is 5.01 Å². The summed E-state index contributed by atoms with van der Waals surface area (Å²) in [5.74, 6) is 0. The zero-order chi connectivity index (χ0) is 16.7. The number of para-hydroxylation sites is 1. The maximum Gasteiger partial charge on any atom is 0.243 e. The van der Waals surface area contributed by atoms with Gasteiger partial charge in [-0.2, -0.15) is 4.31 Å². The molecule has 4 rings (SSSR count). The van der Waals surface area contributed by atoms with E-state index in [0.29, 0.717) is 11.6 Å². The van der Waals surface area contributed by atoms with Crippen molar-refractivity contribution in [2.24, 2.45) is 0 Å². The standard InChI is InChI=1S/C17H15ClN2O2S2/c18-12-5-3-6-13(11-12)24(21,22)20-10-4-8-15(20)17-19-14-7-1-2-9-16(14)23-17/h1-3,5-7,9,11,15H,4,8,10H2/t15-/m1/s1. The Morgan fingerprint density at radius 2 is 2.00 bits per heavy atom. The van der Waals surface area contributed by atoms with Gasteiger partial charge in [0.25, 0.3) is 0 Å². The first-order valence-corrected chi connectivity index (χ1v) is 10.3. The number of fused-ring (bicyclic) bond motifs is 1. The van der Waals surface area contributed by atoms with Crippen LogP contribution in [0.2, 0.25) is 5.02 Å². The fraction of sp³-hybridized carbons (Fsp3) is 0.235. The molecule has 0 saturated carbocycles. The molecule has 0 aliphatic carbocycles. The van der Waals surface area contributed by atoms with Gasteiger partial charge in [-0.25, -0.2) is 13.4 Å². The number of rotatable bonds is 3. The van der Waals surface area contributed by atoms with Gasteiger partial charge in [-0.3, -0.25) is 0 Å². The summed E-state index contributed by atoms with van der Waals surface area (Å²) in [7, 11) is -3.58. The van der Waals surface area contributed by atoms with E-state index in [1.54, 1.807) is 33.8 Å². The Labute approximate surface area is 149 Å². The summed E-state index contributed by atoms with van der Waals surface area (Å²) in [6.07, 6.45) is 1.63. The lowest BCUT2D eigenvalue weighted by Gasteiger charge is -2.22. The number of thiazole rings is 1. The number of benzene rings is 2. The Bertz CT molecular complexity index is 968. The van der Waals surface area contributed by atoms with Crippen molar-refractivity contribution in [2.45, 2.75) is 23.8 Å². The number of nitrogens with zero attached hydrogens (tertiary/aromatic N) is 2. The van der Waals surface area contributed by atoms with Crippen LogP contribution in [0.5, 0.6) is 0 Å². The average Bonchev–Trinajstić information content (AvgIpc) is 3.21. The molecular weight excluding hydrogens is 364 g/mol. The molecule has 1 atom stereocenters. The van der Waals surface area contributed by atoms with Gasteiger partial charge in [-0.05, 0) is 43.2 Å². The molecule has 1 aliphatic heterocycles. The number of sulfonamides is 1. The van der Waals surface area contributed by atoms with Gasteiger partial charge in [-0.1, -0.05) is 29.8 Å². The van der Waals surface area contributed by atoms with E-state index in [4.69, 9.17) is 11.6 Å². The van der Waals surface area contributed by atoms with Crippen molar-refractivity contribution in [1.29, 1.82) is 0 Å². The SMILES string of the molecule is O=S(=O)(c1cccc(Cl)c1)N1CCC[C@@H]1c1nc2ccccc2s1. The molecule has 124 valence electrons. The van der Waals surface area contributed by atoms with Crippen LogP contribution in [0.3, 0.4) is 0 Å². The lowest BCUT2D eigenvalue weighted by molar-refractivity contribution is 0.396. The Balaban J connectivity index is 1.74. The summed E-state index contributed by atoms with van der Waals surface area (Å²) in [5, 5.41) is 1.28. The molecule has 0 N–H and O–H groups in total. The first-order chi connectivity index (χ1) is 11.6. The summed E-state index contributed by atoms with van der Waals surface area (Å²) < 4.78 is 28.7. The molecule has 0 unspecified atom stereocenters. The van der Waals surface area contributed by atoms with Crippen molar-refractivity contribution in [3.05, 3.63) is 58.6 Å². The highest BCUT2D eigenvalue weighted by atomic mass is 35.5. The molecule has 0 amide bonds. The lowest BCUT2D eigenvalue weighted by Crippen LogP contribution is -2.30. The second-order valence-electron chi connectivity index (χ2n) is 5.75. The fourth-order valence-corrected chi connectivity index (χ4v) is 6.21. The smallest absolute Gasteiger partial charge is 0.239 e. The highest BCUT2D eigenvalue weighted by Crippen LogP contribution is 2.39. The van der Waals surface area contributed by atoms with Crippen LogP contribution >= 0.6 is 22.9 Å². The second-order valence-corrected chi connectivity index (χ2v) is 9.14. The Hall–Kier alpha value is -1.47. The van der Waals surface area contributed by atoms with Gasteiger partial charge in [0.05, 0.1) is 21.2 Å². The van der Waals surface area contributed by atoms with Crippen LogP contribution in [0.1, 0.15) is 23.9 Å². The maximum atomic E-state index is 13.0. The molecule has 24 heavy (non-hydrogen) atoms. The Morgan fingerprint density at radius 1 is 1.17 bits per heavy atom. The second kappa shape index (κ2) is 6.11. The molecule has 1 saturated heterocycles. The molecule has 2 heterocycles. The summed E-state index contributed by atoms with van der Waals surface area (Å²) in [6.45, 7) is 0.509. The first kappa shape index (κ1) is 16.0. The van der Waals surface area contributed by atoms with Crippen LogP contribution < -0.4 is 0 Å². The molecule has 0 radical (unpaired) electrons. The van der Waals surface area contributed by atoms with Gasteiger partial charge in [0.15, 0.2) is 0 Å². The molecular formula is C17H15ClN2O2S2. The maximum absolute atomic E-state index is 13.0. The van der Waals surface area contributed by atoms with Crippen molar-refractivity contribution in [3.63, 3.8) is 0 Å². The van der Waals surface area contributed by atoms with Crippen molar-refractivity contribution >= 4 is 43.2 Å². The lowest BCUT2D eigenvalue weighted by atomic mass is 10.2. The summed E-state index contributed by atoms with van der Waals surface area (Å²) >= 11 is 7.54. The normalized spacial score (nSPS) is 19.1. The van der Waals surface area contributed by atoms with Crippen molar-refractivity contribution in [3.8, 4) is 0 Å². The Kier molecular flexibility index (Phi) is 4.08. The third-order valence-electron chi connectivity index (χ3n) is 4.20. The molecule has 1 aromatic heterocycles. The van der Waals surface area contributed by atoms with Crippen LogP contribution in [-0.2, 0) is 10.0 Å². The third-order valence-corrected chi connectivity index (χ3v) is 7.48. The van der Waals surface area contributed by atoms with Gasteiger partial charge in [-0.15, -0.1) is 11.3 Å². The van der Waals surface area contributed by atoms with E-state index in [2.05, 4.69) is 4.98 Å². The molecule has 0 spiro atoms. The van der Waals surface area contributed by atoms with Crippen molar-refractivity contribution in [1.82, 2.24) is 9.29 Å². The predicted octanol–water partition coefficient (Wildman–Crippen LogP) is 4.48. The van der Waals surface area contributed by atoms with E-state index in [1.807, 2.05) is 24.3 Å². The number of aromatic nitrogens is 1. The predicted molar refractivity (Wildman–Crippen MR) is 96.9 cm³/mol. The minimum absolute atomic E-state index is 0.202. The van der Waals surface area contributed by atoms with Crippen LogP contribution in [0, 0.1) is 0 Å². The zero-order valence-electron chi connectivity index (χ0n) is 12.7. The van der Waals surface area contributed by atoms with Crippen molar-refractivity contribution < 1.29 is 8.42 Å². The van der Waals surface area contributed by atoms with Crippen molar-refractivity contribution in [2.75, 3.05) is 6.54 Å². The number of hydrogen-bond acceptors (Lipinski definition) is 4. The minimum atomic E-state index is -3.58. The zero-order valence-corrected chi connectivity index (χ0v) is 15.1. The molecule has 3 aromatic rings. The number of hydrogen-bond donors (Lipinski definition) is 0. The van der Waals surface area contributed by atoms with Gasteiger partial charge >= 0.3 is 0 Å². The third kappa shape index (κ3) is 2.73. The highest BCUT2D eigenvalue weighted by Gasteiger charge is 2.37. The quantitative estimate of drug-likeness (QED) is 0.675. The largest absolute Gasteiger partial charge is 0.243 e. The van der Waals surface area contributed by atoms with Gasteiger partial charge in [0.2, 0.25) is 10.0 Å². The van der Waals surface area contributed by atoms with Crippen LogP contribution in [0.25, 0.3) is 10.2 Å².